The summed E-state index contributed by atoms with van der Waals surface area (Å²) >= 11 is 3.01. The average Bonchev–Trinajstić information content (AvgIpc) is 3.21. The van der Waals surface area contributed by atoms with Crippen LogP contribution in [0.3, 0.4) is 0 Å². The van der Waals surface area contributed by atoms with Crippen LogP contribution in [0.2, 0.25) is 0 Å². The quantitative estimate of drug-likeness (QED) is 0.523. The molecule has 0 aliphatic carbocycles. The van der Waals surface area contributed by atoms with Gasteiger partial charge in [-0.25, -0.2) is 4.98 Å². The van der Waals surface area contributed by atoms with Gasteiger partial charge < -0.3 is 10.6 Å². The molecule has 0 aliphatic rings. The van der Waals surface area contributed by atoms with Crippen LogP contribution in [0, 0.1) is 13.8 Å². The molecule has 0 aliphatic heterocycles. The summed E-state index contributed by atoms with van der Waals surface area (Å²) in [6.45, 7) is 4.14. The lowest BCUT2D eigenvalue weighted by Crippen LogP contribution is -2.44. The smallest absolute Gasteiger partial charge is 0.251 e. The first-order valence-electron chi connectivity index (χ1n) is 9.67. The molecule has 1 atom stereocenters. The Balaban J connectivity index is 1.70. The number of anilines is 1. The molecule has 0 spiro atoms. The van der Waals surface area contributed by atoms with Crippen molar-refractivity contribution < 1.29 is 9.59 Å². The molecular formula is C23H25N3O2S2. The van der Waals surface area contributed by atoms with Crippen molar-refractivity contribution in [1.29, 1.82) is 0 Å². The fraction of sp³-hybridized carbons (Fsp3) is 0.261. The number of nitrogens with zero attached hydrogens (tertiary/aromatic N) is 1. The molecule has 2 amide bonds. The maximum absolute atomic E-state index is 12.9. The second-order valence-corrected chi connectivity index (χ2v) is 8.84. The standard InChI is InChI=1S/C23H25N3O2S2/c1-15-9-10-18(13-16(15)2)20-14-30-23(25-20)26-22(28)19(11-12-29-3)24-21(27)17-7-5-4-6-8-17/h4-10,13-14,19H,11-12H2,1-3H3,(H,24,27)(H,25,26,28). The molecule has 1 unspecified atom stereocenters. The summed E-state index contributed by atoms with van der Waals surface area (Å²) in [5, 5.41) is 8.18. The molecule has 0 radical (unpaired) electrons. The third kappa shape index (κ3) is 5.70. The fourth-order valence-electron chi connectivity index (χ4n) is 2.89. The van der Waals surface area contributed by atoms with E-state index in [1.165, 1.54) is 22.5 Å². The number of rotatable bonds is 8. The lowest BCUT2D eigenvalue weighted by Gasteiger charge is -2.17. The molecule has 30 heavy (non-hydrogen) atoms. The van der Waals surface area contributed by atoms with Crippen molar-refractivity contribution in [1.82, 2.24) is 10.3 Å². The number of aromatic nitrogens is 1. The monoisotopic (exact) mass is 439 g/mol. The largest absolute Gasteiger partial charge is 0.340 e. The molecule has 156 valence electrons. The second kappa shape index (κ2) is 10.4. The minimum Gasteiger partial charge on any atom is -0.340 e. The van der Waals surface area contributed by atoms with E-state index in [0.29, 0.717) is 17.1 Å². The molecule has 3 aromatic rings. The van der Waals surface area contributed by atoms with Crippen molar-refractivity contribution in [2.45, 2.75) is 26.3 Å². The highest BCUT2D eigenvalue weighted by Gasteiger charge is 2.22. The highest BCUT2D eigenvalue weighted by Crippen LogP contribution is 2.26. The van der Waals surface area contributed by atoms with Crippen LogP contribution in [-0.2, 0) is 4.79 Å². The van der Waals surface area contributed by atoms with E-state index in [2.05, 4.69) is 41.6 Å². The lowest BCUT2D eigenvalue weighted by atomic mass is 10.1. The summed E-state index contributed by atoms with van der Waals surface area (Å²) < 4.78 is 0. The number of thiazole rings is 1. The summed E-state index contributed by atoms with van der Waals surface area (Å²) in [5.74, 6) is 0.250. The zero-order valence-corrected chi connectivity index (χ0v) is 18.9. The number of carbonyl (C=O) groups is 2. The first-order chi connectivity index (χ1) is 14.5. The third-order valence-corrected chi connectivity index (χ3v) is 6.21. The highest BCUT2D eigenvalue weighted by molar-refractivity contribution is 7.98. The Hall–Kier alpha value is -2.64. The van der Waals surface area contributed by atoms with Crippen molar-refractivity contribution in [3.63, 3.8) is 0 Å². The predicted molar refractivity (Wildman–Crippen MR) is 126 cm³/mol. The van der Waals surface area contributed by atoms with Gasteiger partial charge in [-0.3, -0.25) is 9.59 Å². The van der Waals surface area contributed by atoms with Gasteiger partial charge in [-0.05, 0) is 61.6 Å². The molecule has 0 fully saturated rings. The Kier molecular flexibility index (Phi) is 7.65. The highest BCUT2D eigenvalue weighted by atomic mass is 32.2. The number of thioether (sulfide) groups is 1. The van der Waals surface area contributed by atoms with E-state index in [0.717, 1.165) is 17.0 Å². The van der Waals surface area contributed by atoms with Gasteiger partial charge in [0.2, 0.25) is 5.91 Å². The van der Waals surface area contributed by atoms with Crippen molar-refractivity contribution in [2.75, 3.05) is 17.3 Å². The molecule has 1 aromatic heterocycles. The lowest BCUT2D eigenvalue weighted by molar-refractivity contribution is -0.118. The minimum absolute atomic E-state index is 0.255. The van der Waals surface area contributed by atoms with Crippen LogP contribution < -0.4 is 10.6 Å². The summed E-state index contributed by atoms with van der Waals surface area (Å²) in [7, 11) is 0. The Morgan fingerprint density at radius 2 is 1.87 bits per heavy atom. The fourth-order valence-corrected chi connectivity index (χ4v) is 4.09. The molecule has 0 saturated heterocycles. The van der Waals surface area contributed by atoms with Crippen molar-refractivity contribution in [2.24, 2.45) is 0 Å². The zero-order valence-electron chi connectivity index (χ0n) is 17.3. The van der Waals surface area contributed by atoms with Gasteiger partial charge in [-0.15, -0.1) is 11.3 Å². The van der Waals surface area contributed by atoms with E-state index in [4.69, 9.17) is 0 Å². The Labute approximate surface area is 185 Å². The SMILES string of the molecule is CSCCC(NC(=O)c1ccccc1)C(=O)Nc1nc(-c2ccc(C)c(C)c2)cs1. The minimum atomic E-state index is -0.626. The summed E-state index contributed by atoms with van der Waals surface area (Å²) in [4.78, 5) is 29.9. The van der Waals surface area contributed by atoms with Gasteiger partial charge in [-0.2, -0.15) is 11.8 Å². The van der Waals surface area contributed by atoms with Gasteiger partial charge in [-0.1, -0.05) is 30.3 Å². The molecule has 1 heterocycles. The van der Waals surface area contributed by atoms with Crippen molar-refractivity contribution >= 4 is 40.0 Å². The van der Waals surface area contributed by atoms with Gasteiger partial charge in [0.1, 0.15) is 6.04 Å². The molecule has 2 N–H and O–H groups in total. The number of hydrogen-bond donors (Lipinski definition) is 2. The maximum atomic E-state index is 12.9. The van der Waals surface area contributed by atoms with Crippen LogP contribution in [0.15, 0.2) is 53.9 Å². The summed E-state index contributed by atoms with van der Waals surface area (Å²) in [6, 6.07) is 14.5. The van der Waals surface area contributed by atoms with Gasteiger partial charge in [0.25, 0.3) is 5.91 Å². The van der Waals surface area contributed by atoms with Crippen LogP contribution >= 0.6 is 23.1 Å². The first kappa shape index (κ1) is 22.1. The Morgan fingerprint density at radius 1 is 1.10 bits per heavy atom. The van der Waals surface area contributed by atoms with Crippen molar-refractivity contribution in [3.8, 4) is 11.3 Å². The van der Waals surface area contributed by atoms with Crippen LogP contribution in [-0.4, -0.2) is 34.8 Å². The van der Waals surface area contributed by atoms with E-state index in [9.17, 15) is 9.59 Å². The van der Waals surface area contributed by atoms with Crippen LogP contribution in [0.25, 0.3) is 11.3 Å². The van der Waals surface area contributed by atoms with Crippen molar-refractivity contribution in [3.05, 3.63) is 70.6 Å². The summed E-state index contributed by atoms with van der Waals surface area (Å²) in [6.07, 6.45) is 2.52. The number of aryl methyl sites for hydroxylation is 2. The molecule has 3 rings (SSSR count). The Bertz CT molecular complexity index is 1020. The number of amides is 2. The van der Waals surface area contributed by atoms with E-state index in [1.54, 1.807) is 36.0 Å². The van der Waals surface area contributed by atoms with E-state index in [-0.39, 0.29) is 11.8 Å². The molecular weight excluding hydrogens is 414 g/mol. The zero-order chi connectivity index (χ0) is 21.5. The normalized spacial score (nSPS) is 11.7. The maximum Gasteiger partial charge on any atom is 0.251 e. The second-order valence-electron chi connectivity index (χ2n) is 7.00. The van der Waals surface area contributed by atoms with Crippen LogP contribution in [0.5, 0.6) is 0 Å². The van der Waals surface area contributed by atoms with E-state index >= 15 is 0 Å². The number of hydrogen-bond acceptors (Lipinski definition) is 5. The molecule has 7 heteroatoms. The van der Waals surface area contributed by atoms with Crippen LogP contribution in [0.4, 0.5) is 5.13 Å². The predicted octanol–water partition coefficient (Wildman–Crippen LogP) is 4.92. The summed E-state index contributed by atoms with van der Waals surface area (Å²) in [5.41, 5.74) is 4.81. The Morgan fingerprint density at radius 3 is 2.57 bits per heavy atom. The molecule has 2 aromatic carbocycles. The van der Waals surface area contributed by atoms with Gasteiger partial charge >= 0.3 is 0 Å². The molecule has 0 bridgehead atoms. The molecule has 5 nitrogen and oxygen atoms in total. The first-order valence-corrected chi connectivity index (χ1v) is 11.9. The third-order valence-electron chi connectivity index (χ3n) is 4.81. The van der Waals surface area contributed by atoms with Gasteiger partial charge in [0.15, 0.2) is 5.13 Å². The number of benzene rings is 2. The molecule has 0 saturated carbocycles. The van der Waals surface area contributed by atoms with Crippen LogP contribution in [0.1, 0.15) is 27.9 Å². The number of carbonyl (C=O) groups excluding carboxylic acids is 2. The average molecular weight is 440 g/mol. The van der Waals surface area contributed by atoms with Gasteiger partial charge in [0, 0.05) is 16.5 Å². The van der Waals surface area contributed by atoms with Gasteiger partial charge in [0.05, 0.1) is 5.69 Å². The topological polar surface area (TPSA) is 71.1 Å². The number of nitrogens with one attached hydrogen (secondary N) is 2. The van der Waals surface area contributed by atoms with E-state index < -0.39 is 6.04 Å². The van der Waals surface area contributed by atoms with E-state index in [1.807, 2.05) is 23.8 Å².